The van der Waals surface area contributed by atoms with Crippen LogP contribution in [0.4, 0.5) is 14.6 Å². The zero-order valence-electron chi connectivity index (χ0n) is 14.5. The van der Waals surface area contributed by atoms with E-state index in [4.69, 9.17) is 14.5 Å². The van der Waals surface area contributed by atoms with E-state index in [2.05, 4.69) is 24.8 Å². The highest BCUT2D eigenvalue weighted by Crippen LogP contribution is 2.50. The van der Waals surface area contributed by atoms with E-state index in [-0.39, 0.29) is 11.2 Å². The van der Waals surface area contributed by atoms with Gasteiger partial charge < -0.3 is 24.9 Å². The minimum absolute atomic E-state index is 0.119. The molecule has 2 aromatic rings. The molecular formula is C13H18F2N5O6P. The van der Waals surface area contributed by atoms with Crippen LogP contribution in [0.15, 0.2) is 6.33 Å². The van der Waals surface area contributed by atoms with Gasteiger partial charge >= 0.3 is 7.82 Å². The van der Waals surface area contributed by atoms with Crippen molar-refractivity contribution < 1.29 is 37.5 Å². The van der Waals surface area contributed by atoms with Crippen LogP contribution >= 0.6 is 7.82 Å². The number of aromatic nitrogens is 4. The first-order valence-electron chi connectivity index (χ1n) is 7.72. The lowest BCUT2D eigenvalue weighted by Gasteiger charge is -2.25. The Kier molecular flexibility index (Phi) is 4.74. The lowest BCUT2D eigenvalue weighted by molar-refractivity contribution is -0.204. The predicted octanol–water partition coefficient (Wildman–Crippen LogP) is 0.569. The monoisotopic (exact) mass is 409 g/mol. The number of nitrogens with zero attached hydrogens (tertiary/aromatic N) is 4. The number of nitrogens with one attached hydrogen (secondary N) is 1. The van der Waals surface area contributed by atoms with Crippen molar-refractivity contribution in [1.29, 1.82) is 0 Å². The first-order valence-corrected chi connectivity index (χ1v) is 9.25. The summed E-state index contributed by atoms with van der Waals surface area (Å²) in [5.74, 6) is -2.53. The second-order valence-corrected chi connectivity index (χ2v) is 7.51. The van der Waals surface area contributed by atoms with Crippen LogP contribution in [0.25, 0.3) is 11.2 Å². The third-order valence-corrected chi connectivity index (χ3v) is 4.65. The molecule has 1 aliphatic rings. The first kappa shape index (κ1) is 20.0. The van der Waals surface area contributed by atoms with Crippen molar-refractivity contribution >= 4 is 24.8 Å². The van der Waals surface area contributed by atoms with E-state index >= 15 is 4.39 Å². The maximum Gasteiger partial charge on any atom is 0.469 e. The molecule has 14 heteroatoms. The van der Waals surface area contributed by atoms with Gasteiger partial charge in [-0.2, -0.15) is 0 Å². The number of halogens is 2. The average molecular weight is 409 g/mol. The van der Waals surface area contributed by atoms with Crippen molar-refractivity contribution in [1.82, 2.24) is 19.5 Å². The number of fused-ring (bicyclic) bond motifs is 1. The van der Waals surface area contributed by atoms with Crippen LogP contribution in [0.1, 0.15) is 19.0 Å². The Labute approximate surface area is 151 Å². The van der Waals surface area contributed by atoms with Crippen molar-refractivity contribution in [3.63, 3.8) is 0 Å². The Hall–Kier alpha value is -1.76. The Balaban J connectivity index is 2.03. The minimum Gasteiger partial charge on any atom is -0.384 e. The van der Waals surface area contributed by atoms with Gasteiger partial charge in [0.1, 0.15) is 12.4 Å². The third kappa shape index (κ3) is 3.42. The number of hydrogen-bond donors (Lipinski definition) is 4. The van der Waals surface area contributed by atoms with Crippen LogP contribution in [0.3, 0.4) is 0 Å². The zero-order valence-corrected chi connectivity index (χ0v) is 15.4. The number of hydrogen-bond acceptors (Lipinski definition) is 8. The number of rotatable bonds is 5. The van der Waals surface area contributed by atoms with Gasteiger partial charge in [0, 0.05) is 7.05 Å². The number of imidazole rings is 1. The normalized spacial score (nSPS) is 31.6. The zero-order chi connectivity index (χ0) is 20.2. The van der Waals surface area contributed by atoms with E-state index in [1.54, 1.807) is 14.0 Å². The SMILES string of the molecule is CNc1nc(C)nc2c1ncn2[C@@H]1O[C@](F)(COP(=O)(O)O)[C@@H](O)[C@@]1(C)F. The fraction of sp³-hybridized carbons (Fsp3) is 0.615. The average Bonchev–Trinajstić information content (AvgIpc) is 3.05. The number of alkyl halides is 2. The molecule has 0 amide bonds. The summed E-state index contributed by atoms with van der Waals surface area (Å²) in [6.07, 6.45) is -2.99. The van der Waals surface area contributed by atoms with Crippen molar-refractivity contribution in [2.75, 3.05) is 19.0 Å². The fourth-order valence-electron chi connectivity index (χ4n) is 2.91. The summed E-state index contributed by atoms with van der Waals surface area (Å²) in [5.41, 5.74) is -2.31. The molecule has 0 bridgehead atoms. The molecule has 0 unspecified atom stereocenters. The van der Waals surface area contributed by atoms with Crippen LogP contribution in [-0.4, -0.2) is 65.7 Å². The topological polar surface area (TPSA) is 152 Å². The van der Waals surface area contributed by atoms with Gasteiger partial charge in [0.05, 0.1) is 6.33 Å². The van der Waals surface area contributed by atoms with E-state index in [9.17, 15) is 14.1 Å². The van der Waals surface area contributed by atoms with Gasteiger partial charge in [-0.15, -0.1) is 0 Å². The number of phosphoric acid groups is 1. The Morgan fingerprint density at radius 3 is 2.70 bits per heavy atom. The van der Waals surface area contributed by atoms with Crippen molar-refractivity contribution in [2.45, 2.75) is 37.7 Å². The Bertz CT molecular complexity index is 920. The maximum absolute atomic E-state index is 15.2. The molecule has 4 atom stereocenters. The molecule has 0 spiro atoms. The van der Waals surface area contributed by atoms with E-state index in [1.165, 1.54) is 0 Å². The molecule has 3 heterocycles. The summed E-state index contributed by atoms with van der Waals surface area (Å²) in [6.45, 7) is 1.10. The van der Waals surface area contributed by atoms with E-state index < -0.39 is 38.3 Å². The molecule has 0 aromatic carbocycles. The molecule has 4 N–H and O–H groups in total. The molecule has 27 heavy (non-hydrogen) atoms. The van der Waals surface area contributed by atoms with E-state index in [1.807, 2.05) is 0 Å². The fourth-order valence-corrected chi connectivity index (χ4v) is 3.25. The standard InChI is InChI=1S/C13H18F2N5O6P/c1-6-18-8(16-3)7-9(19-6)20(5-17-7)11-12(2,14)10(21)13(15,26-11)4-25-27(22,23)24/h5,10-11,21H,4H2,1-3H3,(H,16,18,19)(H2,22,23,24)/t10-,11+,12+,13+/m0/s1. The smallest absolute Gasteiger partial charge is 0.384 e. The minimum atomic E-state index is -5.07. The number of aliphatic hydroxyl groups is 1. The molecule has 1 aliphatic heterocycles. The molecule has 2 aromatic heterocycles. The highest BCUT2D eigenvalue weighted by molar-refractivity contribution is 7.46. The van der Waals surface area contributed by atoms with Gasteiger partial charge in [-0.05, 0) is 13.8 Å². The van der Waals surface area contributed by atoms with Gasteiger partial charge in [0.25, 0.3) is 5.85 Å². The number of phosphoric ester groups is 1. The summed E-state index contributed by atoms with van der Waals surface area (Å²) >= 11 is 0. The molecule has 11 nitrogen and oxygen atoms in total. The van der Waals surface area contributed by atoms with Gasteiger partial charge in [-0.25, -0.2) is 28.3 Å². The molecular weight excluding hydrogens is 391 g/mol. The molecule has 0 saturated carbocycles. The number of aliphatic hydroxyl groups excluding tert-OH is 1. The van der Waals surface area contributed by atoms with Gasteiger partial charge in [0.2, 0.25) is 0 Å². The summed E-state index contributed by atoms with van der Waals surface area (Å²) in [4.78, 5) is 29.8. The summed E-state index contributed by atoms with van der Waals surface area (Å²) in [5, 5.41) is 12.9. The quantitative estimate of drug-likeness (QED) is 0.516. The molecule has 150 valence electrons. The molecule has 3 rings (SSSR count). The van der Waals surface area contributed by atoms with Gasteiger partial charge in [-0.1, -0.05) is 0 Å². The largest absolute Gasteiger partial charge is 0.469 e. The third-order valence-electron chi connectivity index (χ3n) is 4.19. The van der Waals surface area contributed by atoms with Crippen LogP contribution in [-0.2, 0) is 13.8 Å². The van der Waals surface area contributed by atoms with Crippen LogP contribution in [0.5, 0.6) is 0 Å². The number of aryl methyl sites for hydroxylation is 1. The van der Waals surface area contributed by atoms with Crippen molar-refractivity contribution in [2.24, 2.45) is 0 Å². The highest BCUT2D eigenvalue weighted by Gasteiger charge is 2.65. The second kappa shape index (κ2) is 6.40. The lowest BCUT2D eigenvalue weighted by Crippen LogP contribution is -2.46. The van der Waals surface area contributed by atoms with Gasteiger partial charge in [0.15, 0.2) is 35.0 Å². The molecule has 0 aliphatic carbocycles. The summed E-state index contributed by atoms with van der Waals surface area (Å²) in [7, 11) is -3.47. The lowest BCUT2D eigenvalue weighted by atomic mass is 9.97. The van der Waals surface area contributed by atoms with Crippen molar-refractivity contribution in [3.05, 3.63) is 12.2 Å². The van der Waals surface area contributed by atoms with Gasteiger partial charge in [-0.3, -0.25) is 9.09 Å². The molecule has 1 fully saturated rings. The first-order chi connectivity index (χ1) is 12.4. The Morgan fingerprint density at radius 2 is 2.11 bits per heavy atom. The second-order valence-electron chi connectivity index (χ2n) is 6.27. The summed E-state index contributed by atoms with van der Waals surface area (Å²) < 4.78 is 51.1. The van der Waals surface area contributed by atoms with E-state index in [0.717, 1.165) is 17.8 Å². The number of anilines is 1. The van der Waals surface area contributed by atoms with Crippen LogP contribution < -0.4 is 5.32 Å². The van der Waals surface area contributed by atoms with Crippen molar-refractivity contribution in [3.8, 4) is 0 Å². The molecule has 0 radical (unpaired) electrons. The Morgan fingerprint density at radius 1 is 1.44 bits per heavy atom. The highest BCUT2D eigenvalue weighted by atomic mass is 31.2. The summed E-state index contributed by atoms with van der Waals surface area (Å²) in [6, 6.07) is 0. The predicted molar refractivity (Wildman–Crippen MR) is 87.1 cm³/mol. The van der Waals surface area contributed by atoms with E-state index in [0.29, 0.717) is 11.6 Å². The number of ether oxygens (including phenoxy) is 1. The maximum atomic E-state index is 15.2. The molecule has 1 saturated heterocycles. The van der Waals surface area contributed by atoms with Crippen LogP contribution in [0.2, 0.25) is 0 Å². The van der Waals surface area contributed by atoms with Crippen LogP contribution in [0, 0.1) is 6.92 Å².